The molecule has 11 heteroatoms. The van der Waals surface area contributed by atoms with E-state index in [9.17, 15) is 9.59 Å². The molecule has 0 fully saturated rings. The van der Waals surface area contributed by atoms with Crippen molar-refractivity contribution in [3.63, 3.8) is 0 Å². The van der Waals surface area contributed by atoms with Gasteiger partial charge in [0.2, 0.25) is 3.79 Å². The molecule has 0 saturated carbocycles. The van der Waals surface area contributed by atoms with Gasteiger partial charge in [0.1, 0.15) is 18.2 Å². The fourth-order valence-corrected chi connectivity index (χ4v) is 4.75. The maximum absolute atomic E-state index is 12.7. The predicted molar refractivity (Wildman–Crippen MR) is 166 cm³/mol. The Bertz CT molecular complexity index is 1440. The van der Waals surface area contributed by atoms with Crippen molar-refractivity contribution < 1.29 is 23.8 Å². The minimum absolute atomic E-state index is 0.144. The number of fused-ring (bicyclic) bond motifs is 1. The molecule has 8 nitrogen and oxygen atoms in total. The average molecular weight is 633 g/mol. The molecular weight excluding hydrogens is 601 g/mol. The molecule has 0 bridgehead atoms. The monoisotopic (exact) mass is 631 g/mol. The zero-order chi connectivity index (χ0) is 30.0. The zero-order valence-electron chi connectivity index (χ0n) is 23.1. The summed E-state index contributed by atoms with van der Waals surface area (Å²) in [6.45, 7) is 2.56. The average Bonchev–Trinajstić information content (AvgIpc) is 3.40. The third-order valence-electron chi connectivity index (χ3n) is 6.49. The van der Waals surface area contributed by atoms with Crippen molar-refractivity contribution in [1.29, 1.82) is 0 Å². The van der Waals surface area contributed by atoms with Gasteiger partial charge in [0.05, 0.1) is 19.6 Å². The van der Waals surface area contributed by atoms with E-state index in [1.54, 1.807) is 24.4 Å². The lowest BCUT2D eigenvalue weighted by Crippen LogP contribution is -2.35. The standard InChI is InChI=1S/C31H32Cl3N3O5/c1-2-40-29(38)19-25(22-10-4-3-5-11-22)26-20-36-27-18-23(13-14-24(26)27)41-17-9-8-16-37(28-12-6-7-15-35-28)30(39)42-21-31(32,33)34/h3-7,10-15,18,20,25,36H,2,8-9,16-17,19,21H2,1H3. The Balaban J connectivity index is 1.37. The van der Waals surface area contributed by atoms with Crippen LogP contribution in [0.25, 0.3) is 10.9 Å². The first kappa shape index (κ1) is 31.5. The van der Waals surface area contributed by atoms with Gasteiger partial charge in [0.15, 0.2) is 0 Å². The Labute approximate surface area is 259 Å². The van der Waals surface area contributed by atoms with Crippen molar-refractivity contribution in [2.24, 2.45) is 0 Å². The third-order valence-corrected chi connectivity index (χ3v) is 6.82. The van der Waals surface area contributed by atoms with Gasteiger partial charge in [-0.15, -0.1) is 0 Å². The Hall–Kier alpha value is -3.46. The smallest absolute Gasteiger partial charge is 0.415 e. The molecule has 0 aliphatic heterocycles. The fourth-order valence-electron chi connectivity index (χ4n) is 4.58. The van der Waals surface area contributed by atoms with Crippen LogP contribution in [0.4, 0.5) is 10.6 Å². The predicted octanol–water partition coefficient (Wildman–Crippen LogP) is 7.82. The Morgan fingerprint density at radius 3 is 2.50 bits per heavy atom. The first-order chi connectivity index (χ1) is 20.2. The molecule has 1 atom stereocenters. The molecule has 1 N–H and O–H groups in total. The molecule has 4 rings (SSSR count). The zero-order valence-corrected chi connectivity index (χ0v) is 25.4. The van der Waals surface area contributed by atoms with Gasteiger partial charge in [-0.25, -0.2) is 9.78 Å². The highest BCUT2D eigenvalue weighted by molar-refractivity contribution is 6.67. The van der Waals surface area contributed by atoms with Gasteiger partial charge >= 0.3 is 12.1 Å². The molecule has 222 valence electrons. The number of carbonyl (C=O) groups excluding carboxylic acids is 2. The van der Waals surface area contributed by atoms with E-state index < -0.39 is 9.89 Å². The van der Waals surface area contributed by atoms with E-state index in [1.807, 2.05) is 61.7 Å². The number of esters is 1. The van der Waals surface area contributed by atoms with Crippen molar-refractivity contribution >= 4 is 63.6 Å². The fraction of sp³-hybridized carbons (Fsp3) is 0.323. The van der Waals surface area contributed by atoms with Gasteiger partial charge in [0, 0.05) is 41.8 Å². The van der Waals surface area contributed by atoms with E-state index in [2.05, 4.69) is 9.97 Å². The van der Waals surface area contributed by atoms with Crippen LogP contribution >= 0.6 is 34.8 Å². The molecule has 0 radical (unpaired) electrons. The maximum Gasteiger partial charge on any atom is 0.415 e. The van der Waals surface area contributed by atoms with Crippen LogP contribution in [0.2, 0.25) is 0 Å². The van der Waals surface area contributed by atoms with E-state index in [1.165, 1.54) is 4.90 Å². The summed E-state index contributed by atoms with van der Waals surface area (Å²) in [5, 5.41) is 1.01. The number of nitrogens with one attached hydrogen (secondary N) is 1. The van der Waals surface area contributed by atoms with Crippen molar-refractivity contribution in [1.82, 2.24) is 9.97 Å². The minimum atomic E-state index is -1.70. The van der Waals surface area contributed by atoms with Crippen molar-refractivity contribution in [2.75, 3.05) is 31.3 Å². The summed E-state index contributed by atoms with van der Waals surface area (Å²) in [5.41, 5.74) is 2.97. The van der Waals surface area contributed by atoms with Crippen LogP contribution in [0, 0.1) is 0 Å². The molecule has 4 aromatic rings. The molecule has 42 heavy (non-hydrogen) atoms. The molecule has 0 spiro atoms. The van der Waals surface area contributed by atoms with Crippen LogP contribution in [0.5, 0.6) is 5.75 Å². The normalized spacial score (nSPS) is 12.1. The molecular formula is C31H32Cl3N3O5. The van der Waals surface area contributed by atoms with Crippen LogP contribution in [0.3, 0.4) is 0 Å². The number of ether oxygens (including phenoxy) is 3. The summed E-state index contributed by atoms with van der Waals surface area (Å²) in [7, 11) is 0. The van der Waals surface area contributed by atoms with Gasteiger partial charge in [-0.1, -0.05) is 71.2 Å². The quantitative estimate of drug-likeness (QED) is 0.0918. The van der Waals surface area contributed by atoms with E-state index in [-0.39, 0.29) is 24.9 Å². The Kier molecular flexibility index (Phi) is 11.3. The number of hydrogen-bond acceptors (Lipinski definition) is 6. The number of unbranched alkanes of at least 4 members (excludes halogenated alkanes) is 1. The first-order valence-corrected chi connectivity index (χ1v) is 14.7. The Morgan fingerprint density at radius 1 is 1.00 bits per heavy atom. The molecule has 2 heterocycles. The van der Waals surface area contributed by atoms with E-state index in [0.717, 1.165) is 22.0 Å². The first-order valence-electron chi connectivity index (χ1n) is 13.6. The second kappa shape index (κ2) is 15.1. The lowest BCUT2D eigenvalue weighted by atomic mass is 9.88. The van der Waals surface area contributed by atoms with Crippen LogP contribution in [-0.2, 0) is 14.3 Å². The number of anilines is 1. The molecule has 1 unspecified atom stereocenters. The van der Waals surface area contributed by atoms with Crippen LogP contribution in [-0.4, -0.2) is 52.2 Å². The van der Waals surface area contributed by atoms with Gasteiger partial charge in [-0.2, -0.15) is 0 Å². The number of benzene rings is 2. The van der Waals surface area contributed by atoms with E-state index in [0.29, 0.717) is 44.2 Å². The number of aromatic amines is 1. The number of rotatable bonds is 13. The number of nitrogens with zero attached hydrogens (tertiary/aromatic N) is 2. The number of H-pyrrole nitrogens is 1. The number of carbonyl (C=O) groups is 2. The lowest BCUT2D eigenvalue weighted by Gasteiger charge is -2.22. The summed E-state index contributed by atoms with van der Waals surface area (Å²) >= 11 is 17.2. The number of pyridine rings is 1. The molecule has 1 amide bonds. The molecule has 2 aromatic carbocycles. The number of aromatic nitrogens is 2. The molecule has 0 aliphatic carbocycles. The molecule has 0 aliphatic rings. The third kappa shape index (κ3) is 9.02. The SMILES string of the molecule is CCOC(=O)CC(c1ccccc1)c1c[nH]c2cc(OCCCCN(C(=O)OCC(Cl)(Cl)Cl)c3ccccn3)ccc12. The van der Waals surface area contributed by atoms with E-state index in [4.69, 9.17) is 49.0 Å². The van der Waals surface area contributed by atoms with Crippen LogP contribution < -0.4 is 9.64 Å². The molecule has 2 aromatic heterocycles. The van der Waals surface area contributed by atoms with Crippen molar-refractivity contribution in [2.45, 2.75) is 35.9 Å². The van der Waals surface area contributed by atoms with Crippen LogP contribution in [0.15, 0.2) is 79.1 Å². The largest absolute Gasteiger partial charge is 0.494 e. The number of alkyl halides is 3. The number of halogens is 3. The highest BCUT2D eigenvalue weighted by atomic mass is 35.6. The molecule has 0 saturated heterocycles. The lowest BCUT2D eigenvalue weighted by molar-refractivity contribution is -0.143. The van der Waals surface area contributed by atoms with Gasteiger partial charge in [-0.3, -0.25) is 9.69 Å². The second-order valence-electron chi connectivity index (χ2n) is 9.49. The van der Waals surface area contributed by atoms with Crippen LogP contribution in [0.1, 0.15) is 43.2 Å². The number of hydrogen-bond donors (Lipinski definition) is 1. The van der Waals surface area contributed by atoms with Gasteiger partial charge in [0.25, 0.3) is 0 Å². The second-order valence-corrected chi connectivity index (χ2v) is 12.0. The summed E-state index contributed by atoms with van der Waals surface area (Å²) in [6.07, 6.45) is 4.43. The van der Waals surface area contributed by atoms with Gasteiger partial charge < -0.3 is 19.2 Å². The maximum atomic E-state index is 12.7. The highest BCUT2D eigenvalue weighted by Crippen LogP contribution is 2.35. The topological polar surface area (TPSA) is 93.8 Å². The summed E-state index contributed by atoms with van der Waals surface area (Å²) in [5.74, 6) is 0.772. The highest BCUT2D eigenvalue weighted by Gasteiger charge is 2.26. The van der Waals surface area contributed by atoms with E-state index >= 15 is 0 Å². The summed E-state index contributed by atoms with van der Waals surface area (Å²) < 4.78 is 14.7. The number of amides is 1. The van der Waals surface area contributed by atoms with Crippen molar-refractivity contribution in [3.05, 3.63) is 90.3 Å². The van der Waals surface area contributed by atoms with Crippen molar-refractivity contribution in [3.8, 4) is 5.75 Å². The van der Waals surface area contributed by atoms with Gasteiger partial charge in [-0.05, 0) is 55.2 Å². The minimum Gasteiger partial charge on any atom is -0.494 e. The summed E-state index contributed by atoms with van der Waals surface area (Å²) in [4.78, 5) is 34.1. The Morgan fingerprint density at radius 2 is 1.79 bits per heavy atom. The summed E-state index contributed by atoms with van der Waals surface area (Å²) in [6, 6.07) is 21.1.